The van der Waals surface area contributed by atoms with Crippen molar-refractivity contribution in [2.24, 2.45) is 0 Å². The maximum atomic E-state index is 13.9. The maximum Gasteiger partial charge on any atom is 0.163 e. The minimum Gasteiger partial charge on any atom is -0.491 e. The molecule has 0 amide bonds. The molecule has 0 aliphatic carbocycles. The molecule has 0 radical (unpaired) electrons. The second-order valence-corrected chi connectivity index (χ2v) is 6.28. The van der Waals surface area contributed by atoms with Gasteiger partial charge in [-0.05, 0) is 38.1 Å². The van der Waals surface area contributed by atoms with Gasteiger partial charge >= 0.3 is 0 Å². The first-order chi connectivity index (χ1) is 12.3. The van der Waals surface area contributed by atoms with Gasteiger partial charge in [-0.2, -0.15) is 0 Å². The van der Waals surface area contributed by atoms with Crippen LogP contribution < -0.4 is 15.6 Å². The van der Waals surface area contributed by atoms with Gasteiger partial charge in [-0.25, -0.2) is 13.2 Å². The Hall–Kier alpha value is -2.45. The molecule has 1 aliphatic heterocycles. The fraction of sp³-hybridized carbons (Fsp3) is 0.333. The molecule has 140 valence electrons. The highest BCUT2D eigenvalue weighted by molar-refractivity contribution is 5.55. The van der Waals surface area contributed by atoms with Gasteiger partial charge in [0.05, 0.1) is 18.0 Å². The van der Waals surface area contributed by atoms with E-state index in [2.05, 4.69) is 10.9 Å². The summed E-state index contributed by atoms with van der Waals surface area (Å²) in [5.74, 6) is -2.30. The molecular formula is C18H19F3N2O3. The second kappa shape index (κ2) is 7.43. The monoisotopic (exact) mass is 368 g/mol. The predicted octanol–water partition coefficient (Wildman–Crippen LogP) is 4.07. The topological polar surface area (TPSA) is 51.8 Å². The molecular weight excluding hydrogens is 349 g/mol. The van der Waals surface area contributed by atoms with Crippen LogP contribution in [0.25, 0.3) is 0 Å². The third kappa shape index (κ3) is 4.59. The quantitative estimate of drug-likeness (QED) is 0.753. The van der Waals surface area contributed by atoms with E-state index in [-0.39, 0.29) is 24.1 Å². The summed E-state index contributed by atoms with van der Waals surface area (Å²) in [4.78, 5) is 0. The molecule has 26 heavy (non-hydrogen) atoms. The first-order valence-corrected chi connectivity index (χ1v) is 8.03. The van der Waals surface area contributed by atoms with Gasteiger partial charge in [0.1, 0.15) is 30.1 Å². The van der Waals surface area contributed by atoms with E-state index in [1.54, 1.807) is 0 Å². The van der Waals surface area contributed by atoms with Crippen LogP contribution >= 0.6 is 0 Å². The Morgan fingerprint density at radius 3 is 2.50 bits per heavy atom. The molecule has 2 aromatic carbocycles. The van der Waals surface area contributed by atoms with Gasteiger partial charge in [0.25, 0.3) is 0 Å². The number of halogens is 3. The van der Waals surface area contributed by atoms with Gasteiger partial charge in [0, 0.05) is 12.1 Å². The number of hydrogen-bond acceptors (Lipinski definition) is 5. The Balaban J connectivity index is 1.60. The molecule has 1 unspecified atom stereocenters. The van der Waals surface area contributed by atoms with Crippen molar-refractivity contribution in [3.8, 4) is 5.75 Å². The molecule has 8 heteroatoms. The third-order valence-corrected chi connectivity index (χ3v) is 3.70. The van der Waals surface area contributed by atoms with Crippen LogP contribution in [-0.2, 0) is 9.47 Å². The molecule has 0 bridgehead atoms. The molecule has 5 nitrogen and oxygen atoms in total. The number of benzene rings is 2. The number of rotatable bonds is 6. The van der Waals surface area contributed by atoms with Crippen LogP contribution in [0.3, 0.4) is 0 Å². The molecule has 3 rings (SSSR count). The van der Waals surface area contributed by atoms with E-state index in [4.69, 9.17) is 14.2 Å². The SMILES string of the molecule is CC1(C)OCC(COc2ccc(F)c(NNc3ccc(F)cc3F)c2)O1. The fourth-order valence-corrected chi connectivity index (χ4v) is 2.45. The molecule has 1 heterocycles. The lowest BCUT2D eigenvalue weighted by Gasteiger charge is -2.17. The van der Waals surface area contributed by atoms with E-state index in [0.29, 0.717) is 12.4 Å². The Morgan fingerprint density at radius 2 is 1.81 bits per heavy atom. The van der Waals surface area contributed by atoms with Crippen LogP contribution in [0.2, 0.25) is 0 Å². The average molecular weight is 368 g/mol. The zero-order valence-electron chi connectivity index (χ0n) is 14.3. The normalized spacial score (nSPS) is 18.6. The van der Waals surface area contributed by atoms with Crippen molar-refractivity contribution < 1.29 is 27.4 Å². The zero-order valence-corrected chi connectivity index (χ0v) is 14.3. The van der Waals surface area contributed by atoms with Crippen molar-refractivity contribution in [1.29, 1.82) is 0 Å². The van der Waals surface area contributed by atoms with Gasteiger partial charge < -0.3 is 14.2 Å². The van der Waals surface area contributed by atoms with Crippen LogP contribution in [0.15, 0.2) is 36.4 Å². The molecule has 0 aromatic heterocycles. The van der Waals surface area contributed by atoms with Gasteiger partial charge in [-0.3, -0.25) is 10.9 Å². The molecule has 0 saturated carbocycles. The third-order valence-electron chi connectivity index (χ3n) is 3.70. The second-order valence-electron chi connectivity index (χ2n) is 6.28. The van der Waals surface area contributed by atoms with Crippen LogP contribution in [0.1, 0.15) is 13.8 Å². The van der Waals surface area contributed by atoms with E-state index in [1.807, 2.05) is 13.8 Å². The van der Waals surface area contributed by atoms with Crippen molar-refractivity contribution in [3.63, 3.8) is 0 Å². The molecule has 2 N–H and O–H groups in total. The van der Waals surface area contributed by atoms with E-state index in [0.717, 1.165) is 12.1 Å². The Bertz CT molecular complexity index is 786. The molecule has 1 aliphatic rings. The fourth-order valence-electron chi connectivity index (χ4n) is 2.45. The molecule has 0 spiro atoms. The Kier molecular flexibility index (Phi) is 5.24. The number of hydrazine groups is 1. The minimum atomic E-state index is -0.800. The van der Waals surface area contributed by atoms with E-state index in [1.165, 1.54) is 24.3 Å². The predicted molar refractivity (Wildman–Crippen MR) is 90.4 cm³/mol. The standard InChI is InChI=1S/C18H19F3N2O3/c1-18(2)25-10-13(26-18)9-24-12-4-5-14(20)17(8-12)23-22-16-6-3-11(19)7-15(16)21/h3-8,13,22-23H,9-10H2,1-2H3. The summed E-state index contributed by atoms with van der Waals surface area (Å²) in [7, 11) is 0. The Morgan fingerprint density at radius 1 is 1.04 bits per heavy atom. The lowest BCUT2D eigenvalue weighted by atomic mass is 10.3. The summed E-state index contributed by atoms with van der Waals surface area (Å²) in [6.07, 6.45) is -0.224. The van der Waals surface area contributed by atoms with Gasteiger partial charge in [-0.15, -0.1) is 0 Å². The number of hydrogen-bond donors (Lipinski definition) is 2. The van der Waals surface area contributed by atoms with Gasteiger partial charge in [0.2, 0.25) is 0 Å². The van der Waals surface area contributed by atoms with Crippen molar-refractivity contribution in [2.75, 3.05) is 24.1 Å². The van der Waals surface area contributed by atoms with Crippen LogP contribution in [0, 0.1) is 17.5 Å². The van der Waals surface area contributed by atoms with Gasteiger partial charge in [0.15, 0.2) is 11.6 Å². The molecule has 1 saturated heterocycles. The van der Waals surface area contributed by atoms with Crippen molar-refractivity contribution in [1.82, 2.24) is 0 Å². The minimum absolute atomic E-state index is 0.0177. The first kappa shape index (κ1) is 18.3. The van der Waals surface area contributed by atoms with E-state index in [9.17, 15) is 13.2 Å². The highest BCUT2D eigenvalue weighted by Crippen LogP contribution is 2.25. The lowest BCUT2D eigenvalue weighted by Crippen LogP contribution is -2.25. The summed E-state index contributed by atoms with van der Waals surface area (Å²) in [5.41, 5.74) is 5.08. The molecule has 2 aromatic rings. The number of ether oxygens (including phenoxy) is 3. The lowest BCUT2D eigenvalue weighted by molar-refractivity contribution is -0.141. The van der Waals surface area contributed by atoms with Gasteiger partial charge in [-0.1, -0.05) is 0 Å². The summed E-state index contributed by atoms with van der Waals surface area (Å²) >= 11 is 0. The Labute approximate surface area is 149 Å². The maximum absolute atomic E-state index is 13.9. The average Bonchev–Trinajstić information content (AvgIpc) is 2.93. The summed E-state index contributed by atoms with van der Waals surface area (Å²) in [5, 5.41) is 0. The largest absolute Gasteiger partial charge is 0.491 e. The molecule has 1 atom stereocenters. The van der Waals surface area contributed by atoms with Crippen molar-refractivity contribution >= 4 is 11.4 Å². The van der Waals surface area contributed by atoms with Crippen molar-refractivity contribution in [2.45, 2.75) is 25.7 Å². The summed E-state index contributed by atoms with van der Waals surface area (Å²) in [6.45, 7) is 4.28. The number of nitrogens with one attached hydrogen (secondary N) is 2. The van der Waals surface area contributed by atoms with E-state index < -0.39 is 23.2 Å². The zero-order chi connectivity index (χ0) is 18.7. The van der Waals surface area contributed by atoms with Crippen LogP contribution in [-0.4, -0.2) is 25.1 Å². The smallest absolute Gasteiger partial charge is 0.163 e. The van der Waals surface area contributed by atoms with E-state index >= 15 is 0 Å². The van der Waals surface area contributed by atoms with Crippen molar-refractivity contribution in [3.05, 3.63) is 53.8 Å². The summed E-state index contributed by atoms with van der Waals surface area (Å²) in [6, 6.07) is 7.13. The van der Waals surface area contributed by atoms with Crippen LogP contribution in [0.4, 0.5) is 24.5 Å². The first-order valence-electron chi connectivity index (χ1n) is 8.03. The summed E-state index contributed by atoms with van der Waals surface area (Å²) < 4.78 is 57.1. The highest BCUT2D eigenvalue weighted by atomic mass is 19.1. The highest BCUT2D eigenvalue weighted by Gasteiger charge is 2.32. The molecule has 1 fully saturated rings. The number of anilines is 2. The van der Waals surface area contributed by atoms with Crippen LogP contribution in [0.5, 0.6) is 5.75 Å².